The van der Waals surface area contributed by atoms with Gasteiger partial charge in [0.25, 0.3) is 0 Å². The van der Waals surface area contributed by atoms with Crippen LogP contribution in [0, 0.1) is 11.8 Å². The van der Waals surface area contributed by atoms with Gasteiger partial charge in [-0.25, -0.2) is 4.98 Å². The van der Waals surface area contributed by atoms with Crippen LogP contribution in [-0.2, 0) is 5.88 Å². The summed E-state index contributed by atoms with van der Waals surface area (Å²) in [5, 5.41) is 0. The molecule has 0 aliphatic heterocycles. The van der Waals surface area contributed by atoms with Gasteiger partial charge in [0.05, 0.1) is 0 Å². The van der Waals surface area contributed by atoms with E-state index in [-0.39, 0.29) is 0 Å². The van der Waals surface area contributed by atoms with E-state index >= 15 is 0 Å². The lowest BCUT2D eigenvalue weighted by Gasteiger charge is -2.24. The molecule has 3 rings (SSSR count). The minimum absolute atomic E-state index is 0.580. The first-order chi connectivity index (χ1) is 8.35. The average Bonchev–Trinajstić information content (AvgIpc) is 3.23. The molecular formula is C14H19ClN2. The topological polar surface area (TPSA) is 16.1 Å². The number of hydrogen-bond acceptors (Lipinski definition) is 2. The monoisotopic (exact) mass is 250 g/mol. The second-order valence-corrected chi connectivity index (χ2v) is 5.71. The Hall–Kier alpha value is -0.760. The molecule has 17 heavy (non-hydrogen) atoms. The van der Waals surface area contributed by atoms with Crippen molar-refractivity contribution in [1.82, 2.24) is 4.98 Å². The number of alkyl halides is 1. The van der Waals surface area contributed by atoms with E-state index in [9.17, 15) is 0 Å². The molecular weight excluding hydrogens is 232 g/mol. The second-order valence-electron chi connectivity index (χ2n) is 5.45. The zero-order valence-corrected chi connectivity index (χ0v) is 10.9. The summed E-state index contributed by atoms with van der Waals surface area (Å²) in [7, 11) is 0. The lowest BCUT2D eigenvalue weighted by molar-refractivity contribution is 0.671. The molecule has 0 atom stereocenters. The summed E-state index contributed by atoms with van der Waals surface area (Å²) in [6, 6.07) is 4.15. The van der Waals surface area contributed by atoms with E-state index < -0.39 is 0 Å². The Morgan fingerprint density at radius 2 is 1.82 bits per heavy atom. The highest BCUT2D eigenvalue weighted by Gasteiger charge is 2.29. The number of halogens is 1. The van der Waals surface area contributed by atoms with Crippen molar-refractivity contribution in [1.29, 1.82) is 0 Å². The van der Waals surface area contributed by atoms with Gasteiger partial charge < -0.3 is 4.90 Å². The minimum Gasteiger partial charge on any atom is -0.356 e. The maximum absolute atomic E-state index is 5.89. The third kappa shape index (κ3) is 3.12. The molecule has 0 aromatic carbocycles. The fraction of sp³-hybridized carbons (Fsp3) is 0.643. The molecule has 0 amide bonds. The largest absolute Gasteiger partial charge is 0.356 e. The Kier molecular flexibility index (Phi) is 3.24. The summed E-state index contributed by atoms with van der Waals surface area (Å²) in [4.78, 5) is 6.99. The van der Waals surface area contributed by atoms with Crippen LogP contribution < -0.4 is 4.90 Å². The fourth-order valence-electron chi connectivity index (χ4n) is 2.20. The van der Waals surface area contributed by atoms with Crippen molar-refractivity contribution in [2.24, 2.45) is 11.8 Å². The zero-order chi connectivity index (χ0) is 11.7. The number of nitrogens with zero attached hydrogens (tertiary/aromatic N) is 2. The molecule has 0 radical (unpaired) electrons. The normalized spacial score (nSPS) is 19.4. The van der Waals surface area contributed by atoms with Gasteiger partial charge in [0.15, 0.2) is 0 Å². The average molecular weight is 251 g/mol. The Morgan fingerprint density at radius 3 is 2.35 bits per heavy atom. The van der Waals surface area contributed by atoms with Gasteiger partial charge in [-0.1, -0.05) is 0 Å². The summed E-state index contributed by atoms with van der Waals surface area (Å²) >= 11 is 5.89. The highest BCUT2D eigenvalue weighted by atomic mass is 35.5. The van der Waals surface area contributed by atoms with Crippen LogP contribution in [0.15, 0.2) is 18.3 Å². The predicted molar refractivity (Wildman–Crippen MR) is 71.5 cm³/mol. The van der Waals surface area contributed by atoms with E-state index in [2.05, 4.69) is 16.0 Å². The first kappa shape index (κ1) is 11.3. The van der Waals surface area contributed by atoms with Crippen molar-refractivity contribution in [3.63, 3.8) is 0 Å². The van der Waals surface area contributed by atoms with Crippen molar-refractivity contribution in [3.8, 4) is 0 Å². The van der Waals surface area contributed by atoms with Crippen molar-refractivity contribution >= 4 is 17.4 Å². The number of hydrogen-bond donors (Lipinski definition) is 0. The number of anilines is 1. The molecule has 2 aliphatic carbocycles. The van der Waals surface area contributed by atoms with Gasteiger partial charge in [0.1, 0.15) is 5.82 Å². The van der Waals surface area contributed by atoms with E-state index in [0.29, 0.717) is 5.88 Å². The quantitative estimate of drug-likeness (QED) is 0.719. The van der Waals surface area contributed by atoms with Crippen LogP contribution in [0.3, 0.4) is 0 Å². The molecule has 0 N–H and O–H groups in total. The third-order valence-electron chi connectivity index (χ3n) is 3.64. The Morgan fingerprint density at radius 1 is 1.18 bits per heavy atom. The lowest BCUT2D eigenvalue weighted by atomic mass is 10.2. The van der Waals surface area contributed by atoms with Crippen LogP contribution in [0.25, 0.3) is 0 Å². The fourth-order valence-corrected chi connectivity index (χ4v) is 2.37. The maximum Gasteiger partial charge on any atom is 0.128 e. The van der Waals surface area contributed by atoms with Gasteiger partial charge in [-0.05, 0) is 55.2 Å². The molecule has 0 saturated heterocycles. The molecule has 2 fully saturated rings. The highest BCUT2D eigenvalue weighted by molar-refractivity contribution is 6.17. The highest BCUT2D eigenvalue weighted by Crippen LogP contribution is 2.35. The third-order valence-corrected chi connectivity index (χ3v) is 3.95. The van der Waals surface area contributed by atoms with Crippen molar-refractivity contribution in [2.45, 2.75) is 31.6 Å². The zero-order valence-electron chi connectivity index (χ0n) is 10.1. The van der Waals surface area contributed by atoms with Gasteiger partial charge >= 0.3 is 0 Å². The smallest absolute Gasteiger partial charge is 0.128 e. The second kappa shape index (κ2) is 4.85. The molecule has 2 nitrogen and oxygen atoms in total. The number of pyridine rings is 1. The van der Waals surface area contributed by atoms with Crippen molar-refractivity contribution < 1.29 is 0 Å². The number of rotatable bonds is 6. The number of aromatic nitrogens is 1. The molecule has 1 aromatic heterocycles. The molecule has 2 saturated carbocycles. The minimum atomic E-state index is 0.580. The summed E-state index contributed by atoms with van der Waals surface area (Å²) in [6.45, 7) is 2.38. The SMILES string of the molecule is ClCc1ccnc(N(CC2CC2)CC2CC2)c1. The molecule has 92 valence electrons. The van der Waals surface area contributed by atoms with E-state index in [1.807, 2.05) is 12.3 Å². The van der Waals surface area contributed by atoms with E-state index in [0.717, 1.165) is 17.7 Å². The Balaban J connectivity index is 1.73. The first-order valence-electron chi connectivity index (χ1n) is 6.61. The van der Waals surface area contributed by atoms with E-state index in [1.54, 1.807) is 0 Å². The van der Waals surface area contributed by atoms with Crippen LogP contribution >= 0.6 is 11.6 Å². The molecule has 1 aromatic rings. The van der Waals surface area contributed by atoms with Gasteiger partial charge in [-0.15, -0.1) is 11.6 Å². The standard InChI is InChI=1S/C14H19ClN2/c15-8-13-5-6-16-14(7-13)17(9-11-1-2-11)10-12-3-4-12/h5-7,11-12H,1-4,8-10H2. The van der Waals surface area contributed by atoms with Crippen LogP contribution in [0.1, 0.15) is 31.2 Å². The summed E-state index contributed by atoms with van der Waals surface area (Å²) < 4.78 is 0. The lowest BCUT2D eigenvalue weighted by Crippen LogP contribution is -2.28. The molecule has 0 bridgehead atoms. The Bertz CT molecular complexity index is 372. The predicted octanol–water partition coefficient (Wildman–Crippen LogP) is 3.45. The van der Waals surface area contributed by atoms with Gasteiger partial charge in [-0.3, -0.25) is 0 Å². The van der Waals surface area contributed by atoms with Gasteiger partial charge in [0, 0.05) is 25.2 Å². The van der Waals surface area contributed by atoms with Crippen LogP contribution in [0.4, 0.5) is 5.82 Å². The molecule has 2 aliphatic rings. The van der Waals surface area contributed by atoms with Crippen LogP contribution in [0.2, 0.25) is 0 Å². The van der Waals surface area contributed by atoms with Crippen molar-refractivity contribution in [3.05, 3.63) is 23.9 Å². The molecule has 0 unspecified atom stereocenters. The van der Waals surface area contributed by atoms with E-state index in [1.165, 1.54) is 44.3 Å². The van der Waals surface area contributed by atoms with Gasteiger partial charge in [0.2, 0.25) is 0 Å². The Labute approximate surface area is 108 Å². The summed E-state index contributed by atoms with van der Waals surface area (Å²) in [5.74, 6) is 3.53. The summed E-state index contributed by atoms with van der Waals surface area (Å²) in [5.41, 5.74) is 1.17. The van der Waals surface area contributed by atoms with Gasteiger partial charge in [-0.2, -0.15) is 0 Å². The van der Waals surface area contributed by atoms with E-state index in [4.69, 9.17) is 11.6 Å². The molecule has 3 heteroatoms. The first-order valence-corrected chi connectivity index (χ1v) is 7.14. The molecule has 0 spiro atoms. The van der Waals surface area contributed by atoms with Crippen LogP contribution in [-0.4, -0.2) is 18.1 Å². The van der Waals surface area contributed by atoms with Crippen LogP contribution in [0.5, 0.6) is 0 Å². The van der Waals surface area contributed by atoms with Crippen molar-refractivity contribution in [2.75, 3.05) is 18.0 Å². The maximum atomic E-state index is 5.89. The molecule has 1 heterocycles. The summed E-state index contributed by atoms with van der Waals surface area (Å²) in [6.07, 6.45) is 7.49.